The van der Waals surface area contributed by atoms with E-state index in [1.54, 1.807) is 11.0 Å². The van der Waals surface area contributed by atoms with Crippen LogP contribution in [0, 0.1) is 5.82 Å². The predicted octanol–water partition coefficient (Wildman–Crippen LogP) is 3.07. The number of aliphatic imine (C=N–C) groups is 1. The SMILES string of the molecule is O=C1N=C(N2CCCCN2)S/C1=C\c1ccc(F)cc1OC(=O)N1CC[C@H](N2CCCC2)C1. The fraction of sp³-hybridized carbons (Fsp3) is 0.522. The summed E-state index contributed by atoms with van der Waals surface area (Å²) in [6, 6.07) is 4.37. The molecule has 4 heterocycles. The van der Waals surface area contributed by atoms with E-state index in [-0.39, 0.29) is 11.7 Å². The number of halogens is 1. The van der Waals surface area contributed by atoms with Gasteiger partial charge in [0.05, 0.1) is 4.91 Å². The van der Waals surface area contributed by atoms with Gasteiger partial charge in [0.25, 0.3) is 5.91 Å². The zero-order valence-corrected chi connectivity index (χ0v) is 19.3. The number of amides is 2. The van der Waals surface area contributed by atoms with Gasteiger partial charge >= 0.3 is 6.09 Å². The quantitative estimate of drug-likeness (QED) is 0.676. The summed E-state index contributed by atoms with van der Waals surface area (Å²) in [6.45, 7) is 5.05. The molecule has 1 atom stereocenters. The maximum atomic E-state index is 14.0. The van der Waals surface area contributed by atoms with Crippen LogP contribution in [-0.4, -0.2) is 77.3 Å². The molecule has 4 aliphatic heterocycles. The lowest BCUT2D eigenvalue weighted by Gasteiger charge is -2.28. The summed E-state index contributed by atoms with van der Waals surface area (Å²) >= 11 is 1.27. The lowest BCUT2D eigenvalue weighted by atomic mass is 10.2. The molecule has 0 radical (unpaired) electrons. The van der Waals surface area contributed by atoms with Crippen molar-refractivity contribution in [2.45, 2.75) is 38.1 Å². The Morgan fingerprint density at radius 3 is 2.79 bits per heavy atom. The molecule has 10 heteroatoms. The molecule has 0 aliphatic carbocycles. The van der Waals surface area contributed by atoms with Gasteiger partial charge in [0.15, 0.2) is 5.17 Å². The number of rotatable bonds is 3. The highest BCUT2D eigenvalue weighted by Gasteiger charge is 2.33. The van der Waals surface area contributed by atoms with Crippen LogP contribution in [0.25, 0.3) is 6.08 Å². The van der Waals surface area contributed by atoms with Gasteiger partial charge in [-0.3, -0.25) is 14.7 Å². The summed E-state index contributed by atoms with van der Waals surface area (Å²) in [5.74, 6) is -0.747. The molecule has 33 heavy (non-hydrogen) atoms. The van der Waals surface area contributed by atoms with Gasteiger partial charge in [0.2, 0.25) is 0 Å². The predicted molar refractivity (Wildman–Crippen MR) is 125 cm³/mol. The van der Waals surface area contributed by atoms with E-state index in [9.17, 15) is 14.0 Å². The highest BCUT2D eigenvalue weighted by atomic mass is 32.2. The molecular weight excluding hydrogens is 445 g/mol. The molecule has 176 valence electrons. The first-order valence-corrected chi connectivity index (χ1v) is 12.4. The van der Waals surface area contributed by atoms with Crippen molar-refractivity contribution in [3.63, 3.8) is 0 Å². The summed E-state index contributed by atoms with van der Waals surface area (Å²) in [7, 11) is 0. The lowest BCUT2D eigenvalue weighted by Crippen LogP contribution is -2.45. The highest BCUT2D eigenvalue weighted by molar-refractivity contribution is 8.18. The average Bonchev–Trinajstić information content (AvgIpc) is 3.57. The summed E-state index contributed by atoms with van der Waals surface area (Å²) in [5, 5.41) is 2.50. The van der Waals surface area contributed by atoms with Gasteiger partial charge < -0.3 is 9.64 Å². The van der Waals surface area contributed by atoms with Gasteiger partial charge in [-0.15, -0.1) is 0 Å². The van der Waals surface area contributed by atoms with Crippen molar-refractivity contribution in [3.8, 4) is 5.75 Å². The van der Waals surface area contributed by atoms with Crippen LogP contribution in [-0.2, 0) is 4.79 Å². The van der Waals surface area contributed by atoms with E-state index in [0.717, 1.165) is 45.4 Å². The monoisotopic (exact) mass is 473 g/mol. The standard InChI is InChI=1S/C23H28FN5O3S/c24-17-6-5-16(13-20-21(30)26-22(33-20)29-11-2-1-8-25-29)19(14-17)32-23(31)28-12-7-18(15-28)27-9-3-4-10-27/h5-6,13-14,18,25H,1-4,7-12,15H2/b20-13-/t18-/m0/s1. The first-order chi connectivity index (χ1) is 16.1. The Balaban J connectivity index is 1.27. The van der Waals surface area contributed by atoms with Crippen molar-refractivity contribution in [2.75, 3.05) is 39.3 Å². The van der Waals surface area contributed by atoms with Crippen LogP contribution in [0.5, 0.6) is 5.75 Å². The molecule has 3 saturated heterocycles. The molecule has 2 amide bonds. The largest absolute Gasteiger partial charge is 0.415 e. The Morgan fingerprint density at radius 2 is 2.00 bits per heavy atom. The van der Waals surface area contributed by atoms with E-state index in [1.165, 1.54) is 42.8 Å². The second-order valence-corrected chi connectivity index (χ2v) is 9.77. The summed E-state index contributed by atoms with van der Waals surface area (Å²) < 4.78 is 19.6. The van der Waals surface area contributed by atoms with Crippen LogP contribution in [0.1, 0.15) is 37.7 Å². The van der Waals surface area contributed by atoms with E-state index in [2.05, 4.69) is 15.3 Å². The number of hydrazine groups is 1. The Bertz CT molecular complexity index is 988. The zero-order chi connectivity index (χ0) is 22.8. The van der Waals surface area contributed by atoms with Gasteiger partial charge in [0, 0.05) is 43.9 Å². The molecular formula is C23H28FN5O3S. The third-order valence-electron chi connectivity index (χ3n) is 6.49. The molecule has 0 bridgehead atoms. The fourth-order valence-corrected chi connectivity index (χ4v) is 5.60. The Labute approximate surface area is 196 Å². The minimum Gasteiger partial charge on any atom is -0.409 e. The topological polar surface area (TPSA) is 77.5 Å². The van der Waals surface area contributed by atoms with Crippen LogP contribution in [0.3, 0.4) is 0 Å². The molecule has 1 aromatic rings. The van der Waals surface area contributed by atoms with Crippen molar-refractivity contribution in [1.29, 1.82) is 0 Å². The number of nitrogens with zero attached hydrogens (tertiary/aromatic N) is 4. The number of ether oxygens (including phenoxy) is 1. The van der Waals surface area contributed by atoms with Crippen LogP contribution in [0.15, 0.2) is 28.1 Å². The fourth-order valence-electron chi connectivity index (χ4n) is 4.69. The van der Waals surface area contributed by atoms with Crippen LogP contribution >= 0.6 is 11.8 Å². The molecule has 0 spiro atoms. The minimum atomic E-state index is -0.504. The maximum absolute atomic E-state index is 14.0. The molecule has 3 fully saturated rings. The first kappa shape index (κ1) is 22.4. The molecule has 0 unspecified atom stereocenters. The minimum absolute atomic E-state index is 0.107. The van der Waals surface area contributed by atoms with E-state index < -0.39 is 11.9 Å². The molecule has 0 saturated carbocycles. The van der Waals surface area contributed by atoms with Crippen LogP contribution in [0.4, 0.5) is 9.18 Å². The lowest BCUT2D eigenvalue weighted by molar-refractivity contribution is -0.113. The van der Waals surface area contributed by atoms with E-state index in [0.29, 0.717) is 34.8 Å². The number of benzene rings is 1. The summed E-state index contributed by atoms with van der Waals surface area (Å²) in [6.07, 6.45) is 6.59. The van der Waals surface area contributed by atoms with Gasteiger partial charge in [-0.1, -0.05) is 0 Å². The summed E-state index contributed by atoms with van der Waals surface area (Å²) in [5.41, 5.74) is 3.71. The average molecular weight is 474 g/mol. The highest BCUT2D eigenvalue weighted by Crippen LogP contribution is 2.33. The normalized spacial score (nSPS) is 25.2. The van der Waals surface area contributed by atoms with Gasteiger partial charge in [0.1, 0.15) is 11.6 Å². The van der Waals surface area contributed by atoms with Crippen LogP contribution in [0.2, 0.25) is 0 Å². The number of carbonyl (C=O) groups is 2. The number of carbonyl (C=O) groups excluding carboxylic acids is 2. The number of likely N-dealkylation sites (tertiary alicyclic amines) is 2. The second kappa shape index (κ2) is 9.82. The molecule has 1 N–H and O–H groups in total. The maximum Gasteiger partial charge on any atom is 0.415 e. The number of nitrogens with one attached hydrogen (secondary N) is 1. The van der Waals surface area contributed by atoms with Crippen molar-refractivity contribution >= 4 is 35.0 Å². The van der Waals surface area contributed by atoms with E-state index in [1.807, 2.05) is 5.01 Å². The number of hydrogen-bond donors (Lipinski definition) is 1. The van der Waals surface area contributed by atoms with Gasteiger partial charge in [-0.05, 0) is 75.2 Å². The van der Waals surface area contributed by atoms with Crippen molar-refractivity contribution < 1.29 is 18.7 Å². The number of thioether (sulfide) groups is 1. The molecule has 4 aliphatic rings. The molecule has 8 nitrogen and oxygen atoms in total. The molecule has 5 rings (SSSR count). The van der Waals surface area contributed by atoms with E-state index in [4.69, 9.17) is 4.74 Å². The first-order valence-electron chi connectivity index (χ1n) is 11.6. The van der Waals surface area contributed by atoms with Crippen molar-refractivity contribution in [3.05, 3.63) is 34.5 Å². The Kier molecular flexibility index (Phi) is 6.66. The van der Waals surface area contributed by atoms with Crippen molar-refractivity contribution in [2.24, 2.45) is 4.99 Å². The third-order valence-corrected chi connectivity index (χ3v) is 7.50. The van der Waals surface area contributed by atoms with E-state index >= 15 is 0 Å². The number of amidine groups is 1. The van der Waals surface area contributed by atoms with Gasteiger partial charge in [-0.2, -0.15) is 4.99 Å². The molecule has 0 aromatic heterocycles. The third kappa shape index (κ3) is 5.07. The van der Waals surface area contributed by atoms with Crippen LogP contribution < -0.4 is 10.2 Å². The van der Waals surface area contributed by atoms with Crippen molar-refractivity contribution in [1.82, 2.24) is 20.2 Å². The molecule has 1 aromatic carbocycles. The Morgan fingerprint density at radius 1 is 1.18 bits per heavy atom. The smallest absolute Gasteiger partial charge is 0.409 e. The van der Waals surface area contributed by atoms with Gasteiger partial charge in [-0.25, -0.2) is 14.6 Å². The Hall–Kier alpha value is -2.43. The zero-order valence-electron chi connectivity index (χ0n) is 18.5. The summed E-state index contributed by atoms with van der Waals surface area (Å²) in [4.78, 5) is 34.0. The number of hydrogen-bond acceptors (Lipinski definition) is 7. The second-order valence-electron chi connectivity index (χ2n) is 8.76.